The highest BCUT2D eigenvalue weighted by atomic mass is 15.5. The van der Waals surface area contributed by atoms with Crippen LogP contribution in [0.15, 0.2) is 22.6 Å². The van der Waals surface area contributed by atoms with Gasteiger partial charge in [0.2, 0.25) is 0 Å². The van der Waals surface area contributed by atoms with Crippen molar-refractivity contribution in [1.82, 2.24) is 16.2 Å². The molecule has 1 atom stereocenters. The Hall–Kier alpha value is -1.20. The average Bonchev–Trinajstić information content (AvgIpc) is 2.89. The van der Waals surface area contributed by atoms with Gasteiger partial charge in [-0.3, -0.25) is 4.99 Å². The molecule has 0 aromatic rings. The molecule has 0 aromatic heterocycles. The topological polar surface area (TPSA) is 60.8 Å². The van der Waals surface area contributed by atoms with Gasteiger partial charge in [-0.1, -0.05) is 13.0 Å². The zero-order chi connectivity index (χ0) is 13.2. The van der Waals surface area contributed by atoms with Crippen LogP contribution in [0.2, 0.25) is 0 Å². The van der Waals surface area contributed by atoms with Crippen molar-refractivity contribution in [1.29, 1.82) is 0 Å². The van der Waals surface area contributed by atoms with Crippen molar-refractivity contribution >= 4 is 12.1 Å². The molecule has 3 N–H and O–H groups in total. The lowest BCUT2D eigenvalue weighted by Crippen LogP contribution is -2.41. The molecule has 5 heteroatoms. The number of rotatable bonds is 3. The zero-order valence-corrected chi connectivity index (χ0v) is 11.4. The Morgan fingerprint density at radius 1 is 1.44 bits per heavy atom. The van der Waals surface area contributed by atoms with Crippen LogP contribution in [0.25, 0.3) is 0 Å². The van der Waals surface area contributed by atoms with E-state index in [1.54, 1.807) is 13.3 Å². The van der Waals surface area contributed by atoms with E-state index in [4.69, 9.17) is 0 Å². The molecular formula is C13H25N5. The molecule has 2 aliphatic rings. The standard InChI is InChI=1S/C9H17N5.C4H8/c1-10-6-8-12-9(14-13-8)7-2-4-11-5-3-7;1-3-4-2/h6-8,11,13H,2-5H2,1H3,(H,12,14);3H,1,4H2,2H3. The van der Waals surface area contributed by atoms with Crippen LogP contribution in [-0.2, 0) is 0 Å². The van der Waals surface area contributed by atoms with Gasteiger partial charge in [-0.25, -0.2) is 10.4 Å². The van der Waals surface area contributed by atoms with E-state index in [2.05, 4.69) is 39.7 Å². The van der Waals surface area contributed by atoms with Gasteiger partial charge < -0.3 is 10.7 Å². The number of hydrazine groups is 1. The highest BCUT2D eigenvalue weighted by molar-refractivity contribution is 5.88. The van der Waals surface area contributed by atoms with Crippen molar-refractivity contribution in [3.63, 3.8) is 0 Å². The van der Waals surface area contributed by atoms with Gasteiger partial charge in [0.25, 0.3) is 0 Å². The first-order chi connectivity index (χ1) is 8.81. The van der Waals surface area contributed by atoms with Crippen molar-refractivity contribution in [3.05, 3.63) is 12.7 Å². The number of aliphatic imine (C=N–C) groups is 2. The third-order valence-corrected chi connectivity index (χ3v) is 2.93. The molecule has 0 spiro atoms. The Morgan fingerprint density at radius 3 is 2.67 bits per heavy atom. The van der Waals surface area contributed by atoms with E-state index in [1.807, 2.05) is 6.08 Å². The predicted octanol–water partition coefficient (Wildman–Crippen LogP) is 1.10. The zero-order valence-electron chi connectivity index (χ0n) is 11.4. The van der Waals surface area contributed by atoms with E-state index in [1.165, 1.54) is 12.8 Å². The van der Waals surface area contributed by atoms with Gasteiger partial charge >= 0.3 is 0 Å². The van der Waals surface area contributed by atoms with Crippen LogP contribution < -0.4 is 16.2 Å². The number of piperidine rings is 1. The van der Waals surface area contributed by atoms with E-state index >= 15 is 0 Å². The summed E-state index contributed by atoms with van der Waals surface area (Å²) in [4.78, 5) is 8.47. The summed E-state index contributed by atoms with van der Waals surface area (Å²) in [7, 11) is 1.76. The first kappa shape index (κ1) is 14.9. The van der Waals surface area contributed by atoms with Gasteiger partial charge in [0.1, 0.15) is 5.84 Å². The normalized spacial score (nSPS) is 24.1. The lowest BCUT2D eigenvalue weighted by atomic mass is 9.97. The van der Waals surface area contributed by atoms with Crippen LogP contribution in [-0.4, -0.2) is 38.4 Å². The fraction of sp³-hybridized carbons (Fsp3) is 0.692. The molecule has 0 radical (unpaired) electrons. The van der Waals surface area contributed by atoms with Crippen LogP contribution in [0.1, 0.15) is 26.2 Å². The van der Waals surface area contributed by atoms with E-state index in [0.717, 1.165) is 25.3 Å². The summed E-state index contributed by atoms with van der Waals surface area (Å²) < 4.78 is 0. The Labute approximate surface area is 110 Å². The molecule has 1 fully saturated rings. The van der Waals surface area contributed by atoms with Crippen molar-refractivity contribution in [2.75, 3.05) is 20.1 Å². The summed E-state index contributed by atoms with van der Waals surface area (Å²) in [5, 5.41) is 3.35. The van der Waals surface area contributed by atoms with Crippen LogP contribution in [0, 0.1) is 5.92 Å². The van der Waals surface area contributed by atoms with Crippen molar-refractivity contribution < 1.29 is 0 Å². The third-order valence-electron chi connectivity index (χ3n) is 2.93. The molecule has 0 aliphatic carbocycles. The second-order valence-electron chi connectivity index (χ2n) is 4.36. The minimum absolute atomic E-state index is 0.0184. The van der Waals surface area contributed by atoms with Gasteiger partial charge in [-0.15, -0.1) is 6.58 Å². The minimum atomic E-state index is 0.0184. The summed E-state index contributed by atoms with van der Waals surface area (Å²) in [6, 6.07) is 0. The lowest BCUT2D eigenvalue weighted by Gasteiger charge is -2.22. The van der Waals surface area contributed by atoms with Crippen LogP contribution in [0.4, 0.5) is 0 Å². The highest BCUT2D eigenvalue weighted by Gasteiger charge is 2.23. The lowest BCUT2D eigenvalue weighted by molar-refractivity contribution is 0.449. The highest BCUT2D eigenvalue weighted by Crippen LogP contribution is 2.14. The maximum atomic E-state index is 4.52. The average molecular weight is 251 g/mol. The first-order valence-corrected chi connectivity index (χ1v) is 6.65. The Balaban J connectivity index is 0.000000357. The largest absolute Gasteiger partial charge is 0.317 e. The molecule has 18 heavy (non-hydrogen) atoms. The molecule has 0 saturated carbocycles. The van der Waals surface area contributed by atoms with Crippen molar-refractivity contribution in [3.8, 4) is 0 Å². The van der Waals surface area contributed by atoms with Gasteiger partial charge in [0.15, 0.2) is 6.17 Å². The van der Waals surface area contributed by atoms with Crippen molar-refractivity contribution in [2.24, 2.45) is 15.9 Å². The summed E-state index contributed by atoms with van der Waals surface area (Å²) in [5.41, 5.74) is 6.22. The molecule has 2 rings (SSSR count). The van der Waals surface area contributed by atoms with E-state index in [-0.39, 0.29) is 6.17 Å². The number of hydrogen-bond donors (Lipinski definition) is 3. The van der Waals surface area contributed by atoms with Crippen molar-refractivity contribution in [2.45, 2.75) is 32.4 Å². The fourth-order valence-corrected chi connectivity index (χ4v) is 1.88. The van der Waals surface area contributed by atoms with Gasteiger partial charge in [0, 0.05) is 19.2 Å². The van der Waals surface area contributed by atoms with E-state index in [9.17, 15) is 0 Å². The number of hydrogen-bond acceptors (Lipinski definition) is 5. The Bertz CT molecular complexity index is 292. The molecule has 0 bridgehead atoms. The number of amidine groups is 1. The maximum Gasteiger partial charge on any atom is 0.153 e. The number of allylic oxidation sites excluding steroid dienone is 1. The Morgan fingerprint density at radius 2 is 2.11 bits per heavy atom. The van der Waals surface area contributed by atoms with Crippen LogP contribution in [0.5, 0.6) is 0 Å². The quantitative estimate of drug-likeness (QED) is 0.520. The molecule has 5 nitrogen and oxygen atoms in total. The smallest absolute Gasteiger partial charge is 0.153 e. The molecular weight excluding hydrogens is 226 g/mol. The second-order valence-corrected chi connectivity index (χ2v) is 4.36. The van der Waals surface area contributed by atoms with Gasteiger partial charge in [0.05, 0.1) is 0 Å². The molecule has 102 valence electrons. The molecule has 1 unspecified atom stereocenters. The maximum absolute atomic E-state index is 4.52. The molecule has 1 saturated heterocycles. The van der Waals surface area contributed by atoms with Gasteiger partial charge in [-0.2, -0.15) is 0 Å². The predicted molar refractivity (Wildman–Crippen MR) is 78.0 cm³/mol. The number of nitrogens with zero attached hydrogens (tertiary/aromatic N) is 2. The molecule has 0 aromatic carbocycles. The SMILES string of the molecule is C=CCC.CN=CC1N=C(C2CCNCC2)NN1. The number of nitrogens with one attached hydrogen (secondary N) is 3. The summed E-state index contributed by atoms with van der Waals surface area (Å²) in [5.74, 6) is 1.68. The summed E-state index contributed by atoms with van der Waals surface area (Å²) in [6.07, 6.45) is 7.12. The van der Waals surface area contributed by atoms with Gasteiger partial charge in [-0.05, 0) is 32.4 Å². The molecule has 2 heterocycles. The summed E-state index contributed by atoms with van der Waals surface area (Å²) in [6.45, 7) is 7.73. The minimum Gasteiger partial charge on any atom is -0.317 e. The first-order valence-electron chi connectivity index (χ1n) is 6.65. The van der Waals surface area contributed by atoms with E-state index in [0.29, 0.717) is 5.92 Å². The Kier molecular flexibility index (Phi) is 7.29. The van der Waals surface area contributed by atoms with Crippen LogP contribution in [0.3, 0.4) is 0 Å². The third kappa shape index (κ3) is 4.98. The monoisotopic (exact) mass is 251 g/mol. The fourth-order valence-electron chi connectivity index (χ4n) is 1.88. The summed E-state index contributed by atoms with van der Waals surface area (Å²) >= 11 is 0. The van der Waals surface area contributed by atoms with Crippen LogP contribution >= 0.6 is 0 Å². The van der Waals surface area contributed by atoms with E-state index < -0.39 is 0 Å². The second kappa shape index (κ2) is 8.83. The molecule has 0 amide bonds. The molecule has 2 aliphatic heterocycles.